The fourth-order valence-corrected chi connectivity index (χ4v) is 2.51. The van der Waals surface area contributed by atoms with Crippen LogP contribution in [0.5, 0.6) is 0 Å². The Balaban J connectivity index is 1.94. The quantitative estimate of drug-likeness (QED) is 0.917. The van der Waals surface area contributed by atoms with Crippen molar-refractivity contribution in [2.75, 3.05) is 18.5 Å². The molecule has 22 heavy (non-hydrogen) atoms. The van der Waals surface area contributed by atoms with E-state index in [1.54, 1.807) is 0 Å². The van der Waals surface area contributed by atoms with Crippen molar-refractivity contribution in [3.8, 4) is 0 Å². The van der Waals surface area contributed by atoms with Crippen LogP contribution in [0.15, 0.2) is 42.5 Å². The molecule has 0 bridgehead atoms. The van der Waals surface area contributed by atoms with E-state index in [4.69, 9.17) is 0 Å². The highest BCUT2D eigenvalue weighted by molar-refractivity contribution is 5.81. The van der Waals surface area contributed by atoms with Gasteiger partial charge in [0.2, 0.25) is 5.91 Å². The minimum atomic E-state index is 0.0339. The van der Waals surface area contributed by atoms with E-state index >= 15 is 0 Å². The third-order valence-electron chi connectivity index (χ3n) is 4.11. The van der Waals surface area contributed by atoms with Gasteiger partial charge in [-0.2, -0.15) is 0 Å². The van der Waals surface area contributed by atoms with Crippen LogP contribution in [0.2, 0.25) is 0 Å². The van der Waals surface area contributed by atoms with Crippen molar-refractivity contribution in [1.29, 1.82) is 0 Å². The van der Waals surface area contributed by atoms with Crippen molar-refractivity contribution in [2.45, 2.75) is 27.3 Å². The van der Waals surface area contributed by atoms with Gasteiger partial charge >= 0.3 is 0 Å². The van der Waals surface area contributed by atoms with Crippen molar-refractivity contribution in [3.05, 3.63) is 64.7 Å². The van der Waals surface area contributed by atoms with E-state index in [0.29, 0.717) is 13.1 Å². The number of likely N-dealkylation sites (N-methyl/N-ethyl adjacent to an activating group) is 1. The van der Waals surface area contributed by atoms with Gasteiger partial charge in [0.25, 0.3) is 0 Å². The number of nitrogens with zero attached hydrogens (tertiary/aromatic N) is 1. The van der Waals surface area contributed by atoms with E-state index in [1.165, 1.54) is 16.7 Å². The molecule has 0 aliphatic rings. The molecule has 0 saturated heterocycles. The smallest absolute Gasteiger partial charge is 0.239 e. The Labute approximate surface area is 133 Å². The molecule has 0 aliphatic heterocycles. The van der Waals surface area contributed by atoms with Gasteiger partial charge in [0.15, 0.2) is 0 Å². The van der Waals surface area contributed by atoms with Crippen LogP contribution in [0.4, 0.5) is 5.69 Å². The number of carbonyl (C=O) groups excluding carboxylic acids is 1. The van der Waals surface area contributed by atoms with Crippen LogP contribution >= 0.6 is 0 Å². The Bertz CT molecular complexity index is 664. The van der Waals surface area contributed by atoms with Crippen LogP contribution < -0.4 is 10.2 Å². The summed E-state index contributed by atoms with van der Waals surface area (Å²) >= 11 is 0. The standard InChI is InChI=1S/C19H24N2O/c1-14-9-7-11-18(16(14)3)21(4)13-19(22)20-12-17-10-6-5-8-15(17)2/h5-11H,12-13H2,1-4H3,(H,20,22). The average Bonchev–Trinajstić information content (AvgIpc) is 2.49. The first kappa shape index (κ1) is 16.1. The molecule has 2 aromatic carbocycles. The summed E-state index contributed by atoms with van der Waals surface area (Å²) in [7, 11) is 1.95. The molecule has 0 aromatic heterocycles. The van der Waals surface area contributed by atoms with E-state index in [2.05, 4.69) is 44.3 Å². The molecule has 3 heteroatoms. The second-order valence-electron chi connectivity index (χ2n) is 5.78. The zero-order valence-corrected chi connectivity index (χ0v) is 13.8. The van der Waals surface area contributed by atoms with Crippen LogP contribution in [0, 0.1) is 20.8 Å². The summed E-state index contributed by atoms with van der Waals surface area (Å²) in [6.07, 6.45) is 0. The summed E-state index contributed by atoms with van der Waals surface area (Å²) in [6.45, 7) is 7.17. The molecule has 0 spiro atoms. The molecular weight excluding hydrogens is 272 g/mol. The number of hydrogen-bond donors (Lipinski definition) is 1. The highest BCUT2D eigenvalue weighted by atomic mass is 16.2. The largest absolute Gasteiger partial charge is 0.365 e. The van der Waals surface area contributed by atoms with Crippen LogP contribution in [-0.4, -0.2) is 19.5 Å². The SMILES string of the molecule is Cc1ccccc1CNC(=O)CN(C)c1cccc(C)c1C. The van der Waals surface area contributed by atoms with E-state index in [9.17, 15) is 4.79 Å². The zero-order valence-electron chi connectivity index (χ0n) is 13.8. The lowest BCUT2D eigenvalue weighted by Crippen LogP contribution is -2.35. The highest BCUT2D eigenvalue weighted by Gasteiger charge is 2.10. The van der Waals surface area contributed by atoms with Gasteiger partial charge in [-0.15, -0.1) is 0 Å². The van der Waals surface area contributed by atoms with Gasteiger partial charge < -0.3 is 10.2 Å². The number of carbonyl (C=O) groups is 1. The number of aryl methyl sites for hydroxylation is 2. The van der Waals surface area contributed by atoms with Gasteiger partial charge in [-0.1, -0.05) is 36.4 Å². The highest BCUT2D eigenvalue weighted by Crippen LogP contribution is 2.21. The predicted octanol–water partition coefficient (Wildman–Crippen LogP) is 3.36. The Morgan fingerprint density at radius 1 is 1.00 bits per heavy atom. The third kappa shape index (κ3) is 3.88. The molecule has 116 valence electrons. The molecule has 1 N–H and O–H groups in total. The van der Waals surface area contributed by atoms with Crippen LogP contribution in [0.3, 0.4) is 0 Å². The monoisotopic (exact) mass is 296 g/mol. The lowest BCUT2D eigenvalue weighted by atomic mass is 10.1. The van der Waals surface area contributed by atoms with Crippen molar-refractivity contribution in [1.82, 2.24) is 5.32 Å². The molecule has 0 radical (unpaired) electrons. The first-order chi connectivity index (χ1) is 10.5. The molecule has 1 amide bonds. The average molecular weight is 296 g/mol. The van der Waals surface area contributed by atoms with Gasteiger partial charge in [-0.25, -0.2) is 0 Å². The molecule has 0 atom stereocenters. The van der Waals surface area contributed by atoms with Gasteiger partial charge in [-0.3, -0.25) is 4.79 Å². The lowest BCUT2D eigenvalue weighted by molar-refractivity contribution is -0.119. The van der Waals surface area contributed by atoms with Crippen molar-refractivity contribution < 1.29 is 4.79 Å². The van der Waals surface area contributed by atoms with E-state index < -0.39 is 0 Å². The Morgan fingerprint density at radius 3 is 2.41 bits per heavy atom. The number of hydrogen-bond acceptors (Lipinski definition) is 2. The maximum Gasteiger partial charge on any atom is 0.239 e. The second-order valence-corrected chi connectivity index (χ2v) is 5.78. The summed E-state index contributed by atoms with van der Waals surface area (Å²) in [5, 5.41) is 2.99. The van der Waals surface area contributed by atoms with Gasteiger partial charge in [-0.05, 0) is 49.1 Å². The topological polar surface area (TPSA) is 32.3 Å². The molecule has 2 rings (SSSR count). The minimum Gasteiger partial charge on any atom is -0.365 e. The molecular formula is C19H24N2O. The normalized spacial score (nSPS) is 10.4. The first-order valence-corrected chi connectivity index (χ1v) is 7.57. The van der Waals surface area contributed by atoms with Gasteiger partial charge in [0, 0.05) is 19.3 Å². The van der Waals surface area contributed by atoms with E-state index in [0.717, 1.165) is 11.3 Å². The summed E-state index contributed by atoms with van der Waals surface area (Å²) in [5.74, 6) is 0.0339. The van der Waals surface area contributed by atoms with Crippen LogP contribution in [-0.2, 0) is 11.3 Å². The number of anilines is 1. The van der Waals surface area contributed by atoms with Crippen molar-refractivity contribution in [2.24, 2.45) is 0 Å². The Hall–Kier alpha value is -2.29. The van der Waals surface area contributed by atoms with E-state index in [1.807, 2.05) is 36.2 Å². The van der Waals surface area contributed by atoms with Crippen LogP contribution in [0.25, 0.3) is 0 Å². The number of nitrogens with one attached hydrogen (secondary N) is 1. The maximum atomic E-state index is 12.2. The fraction of sp³-hybridized carbons (Fsp3) is 0.316. The second kappa shape index (κ2) is 7.12. The number of benzene rings is 2. The summed E-state index contributed by atoms with van der Waals surface area (Å²) < 4.78 is 0. The van der Waals surface area contributed by atoms with E-state index in [-0.39, 0.29) is 5.91 Å². The molecule has 2 aromatic rings. The summed E-state index contributed by atoms with van der Waals surface area (Å²) in [5.41, 5.74) is 5.92. The first-order valence-electron chi connectivity index (χ1n) is 7.57. The number of amides is 1. The molecule has 0 unspecified atom stereocenters. The number of rotatable bonds is 5. The molecule has 3 nitrogen and oxygen atoms in total. The molecule has 0 fully saturated rings. The summed E-state index contributed by atoms with van der Waals surface area (Å²) in [4.78, 5) is 14.2. The van der Waals surface area contributed by atoms with Crippen molar-refractivity contribution in [3.63, 3.8) is 0 Å². The Morgan fingerprint density at radius 2 is 1.68 bits per heavy atom. The van der Waals surface area contributed by atoms with Crippen molar-refractivity contribution >= 4 is 11.6 Å². The zero-order chi connectivity index (χ0) is 16.1. The van der Waals surface area contributed by atoms with Gasteiger partial charge in [0.05, 0.1) is 6.54 Å². The lowest BCUT2D eigenvalue weighted by Gasteiger charge is -2.22. The molecule has 0 aliphatic carbocycles. The predicted molar refractivity (Wildman–Crippen MR) is 92.2 cm³/mol. The fourth-order valence-electron chi connectivity index (χ4n) is 2.51. The Kier molecular flexibility index (Phi) is 5.21. The minimum absolute atomic E-state index is 0.0339. The summed E-state index contributed by atoms with van der Waals surface area (Å²) in [6, 6.07) is 14.3. The maximum absolute atomic E-state index is 12.2. The van der Waals surface area contributed by atoms with Crippen LogP contribution in [0.1, 0.15) is 22.3 Å². The third-order valence-corrected chi connectivity index (χ3v) is 4.11. The molecule has 0 saturated carbocycles. The molecule has 0 heterocycles. The van der Waals surface area contributed by atoms with Gasteiger partial charge in [0.1, 0.15) is 0 Å².